The molecule has 1 aromatic heterocycles. The summed E-state index contributed by atoms with van der Waals surface area (Å²) >= 11 is 0. The van der Waals surface area contributed by atoms with E-state index < -0.39 is 5.97 Å². The largest absolute Gasteiger partial charge is 0.478 e. The third kappa shape index (κ3) is 4.40. The van der Waals surface area contributed by atoms with Crippen molar-refractivity contribution in [2.45, 2.75) is 26.2 Å². The lowest BCUT2D eigenvalue weighted by Gasteiger charge is -2.07. The van der Waals surface area contributed by atoms with Crippen molar-refractivity contribution in [3.63, 3.8) is 0 Å². The van der Waals surface area contributed by atoms with E-state index in [-0.39, 0.29) is 12.2 Å². The average molecular weight is 239 g/mol. The van der Waals surface area contributed by atoms with Gasteiger partial charge in [-0.2, -0.15) is 0 Å². The fraction of sp³-hybridized carbons (Fsp3) is 0.500. The van der Waals surface area contributed by atoms with Crippen molar-refractivity contribution >= 4 is 5.97 Å². The molecule has 0 aliphatic rings. The average Bonchev–Trinajstić information content (AvgIpc) is 2.29. The smallest absolute Gasteiger partial charge is 0.335 e. The molecule has 0 atom stereocenters. The number of ether oxygens (including phenoxy) is 1. The van der Waals surface area contributed by atoms with Gasteiger partial charge in [0.15, 0.2) is 0 Å². The standard InChI is InChI=1S/C12H17NO4/c1-2-4-10-7-9(12(15)16)8-11(13-10)17-6-3-5-14/h7-8,14H,2-6H2,1H3,(H,15,16). The molecule has 5 nitrogen and oxygen atoms in total. The van der Waals surface area contributed by atoms with Gasteiger partial charge in [0.1, 0.15) is 0 Å². The van der Waals surface area contributed by atoms with E-state index in [2.05, 4.69) is 4.98 Å². The summed E-state index contributed by atoms with van der Waals surface area (Å²) in [6, 6.07) is 2.96. The fourth-order valence-corrected chi connectivity index (χ4v) is 1.38. The molecule has 0 bridgehead atoms. The lowest BCUT2D eigenvalue weighted by molar-refractivity contribution is 0.0695. The van der Waals surface area contributed by atoms with Crippen LogP contribution < -0.4 is 4.74 Å². The molecule has 0 aliphatic heterocycles. The normalized spacial score (nSPS) is 10.2. The Kier molecular flexibility index (Phi) is 5.42. The SMILES string of the molecule is CCCc1cc(C(=O)O)cc(OCCCO)n1. The first-order valence-corrected chi connectivity index (χ1v) is 5.65. The maximum Gasteiger partial charge on any atom is 0.335 e. The monoisotopic (exact) mass is 239 g/mol. The van der Waals surface area contributed by atoms with Crippen molar-refractivity contribution in [3.8, 4) is 5.88 Å². The highest BCUT2D eigenvalue weighted by molar-refractivity contribution is 5.88. The highest BCUT2D eigenvalue weighted by atomic mass is 16.5. The number of aliphatic hydroxyl groups is 1. The van der Waals surface area contributed by atoms with Gasteiger partial charge in [-0.1, -0.05) is 13.3 Å². The number of nitrogens with zero attached hydrogens (tertiary/aromatic N) is 1. The van der Waals surface area contributed by atoms with Crippen LogP contribution in [0.2, 0.25) is 0 Å². The molecule has 0 radical (unpaired) electrons. The van der Waals surface area contributed by atoms with Crippen molar-refractivity contribution in [3.05, 3.63) is 23.4 Å². The minimum Gasteiger partial charge on any atom is -0.478 e. The first-order chi connectivity index (χ1) is 8.17. The van der Waals surface area contributed by atoms with Crippen molar-refractivity contribution in [2.24, 2.45) is 0 Å². The Hall–Kier alpha value is -1.62. The van der Waals surface area contributed by atoms with Crippen LogP contribution in [0.4, 0.5) is 0 Å². The summed E-state index contributed by atoms with van der Waals surface area (Å²) in [5.41, 5.74) is 0.897. The van der Waals surface area contributed by atoms with Crippen molar-refractivity contribution in [1.29, 1.82) is 0 Å². The summed E-state index contributed by atoms with van der Waals surface area (Å²) in [6.07, 6.45) is 2.12. The number of carboxylic acid groups (broad SMARTS) is 1. The second-order valence-corrected chi connectivity index (χ2v) is 3.67. The molecule has 0 spiro atoms. The molecule has 2 N–H and O–H groups in total. The van der Waals surface area contributed by atoms with Crippen LogP contribution in [0, 0.1) is 0 Å². The number of hydrogen-bond donors (Lipinski definition) is 2. The zero-order valence-corrected chi connectivity index (χ0v) is 9.85. The summed E-state index contributed by atoms with van der Waals surface area (Å²) in [5.74, 6) is -0.682. The lowest BCUT2D eigenvalue weighted by atomic mass is 10.1. The number of aromatic carboxylic acids is 1. The summed E-state index contributed by atoms with van der Waals surface area (Å²) < 4.78 is 5.29. The first kappa shape index (κ1) is 13.4. The van der Waals surface area contributed by atoms with E-state index in [9.17, 15) is 4.79 Å². The van der Waals surface area contributed by atoms with E-state index >= 15 is 0 Å². The summed E-state index contributed by atoms with van der Waals surface area (Å²) in [7, 11) is 0. The van der Waals surface area contributed by atoms with E-state index in [1.165, 1.54) is 6.07 Å². The maximum atomic E-state index is 10.9. The highest BCUT2D eigenvalue weighted by Crippen LogP contribution is 2.14. The first-order valence-electron chi connectivity index (χ1n) is 5.65. The lowest BCUT2D eigenvalue weighted by Crippen LogP contribution is -2.06. The molecule has 1 heterocycles. The van der Waals surface area contributed by atoms with Crippen LogP contribution in [0.15, 0.2) is 12.1 Å². The summed E-state index contributed by atoms with van der Waals surface area (Å²) in [6.45, 7) is 2.37. The number of carbonyl (C=O) groups is 1. The van der Waals surface area contributed by atoms with Gasteiger partial charge in [-0.05, 0) is 12.5 Å². The van der Waals surface area contributed by atoms with Gasteiger partial charge in [0.2, 0.25) is 5.88 Å². The predicted molar refractivity (Wildman–Crippen MR) is 62.4 cm³/mol. The number of rotatable bonds is 7. The summed E-state index contributed by atoms with van der Waals surface area (Å²) in [5, 5.41) is 17.6. The van der Waals surface area contributed by atoms with Crippen LogP contribution in [0.25, 0.3) is 0 Å². The zero-order valence-electron chi connectivity index (χ0n) is 9.85. The number of aryl methyl sites for hydroxylation is 1. The van der Waals surface area contributed by atoms with Crippen LogP contribution in [0.3, 0.4) is 0 Å². The minimum atomic E-state index is -0.989. The van der Waals surface area contributed by atoms with Crippen LogP contribution in [0.1, 0.15) is 35.8 Å². The molecule has 0 saturated heterocycles. The van der Waals surface area contributed by atoms with Gasteiger partial charge >= 0.3 is 5.97 Å². The minimum absolute atomic E-state index is 0.0421. The fourth-order valence-electron chi connectivity index (χ4n) is 1.38. The third-order valence-electron chi connectivity index (χ3n) is 2.16. The van der Waals surface area contributed by atoms with Gasteiger partial charge in [-0.3, -0.25) is 0 Å². The molecular formula is C12H17NO4. The van der Waals surface area contributed by atoms with E-state index in [4.69, 9.17) is 14.9 Å². The predicted octanol–water partition coefficient (Wildman–Crippen LogP) is 1.49. The number of carboxylic acids is 1. The molecular weight excluding hydrogens is 222 g/mol. The van der Waals surface area contributed by atoms with Gasteiger partial charge in [0.25, 0.3) is 0 Å². The Balaban J connectivity index is 2.83. The van der Waals surface area contributed by atoms with E-state index in [0.29, 0.717) is 24.6 Å². The molecule has 1 rings (SSSR count). The van der Waals surface area contributed by atoms with Gasteiger partial charge in [-0.25, -0.2) is 9.78 Å². The molecule has 0 aliphatic carbocycles. The second-order valence-electron chi connectivity index (χ2n) is 3.67. The van der Waals surface area contributed by atoms with Crippen LogP contribution in [0.5, 0.6) is 5.88 Å². The quantitative estimate of drug-likeness (QED) is 0.705. The van der Waals surface area contributed by atoms with Crippen LogP contribution >= 0.6 is 0 Å². The van der Waals surface area contributed by atoms with Gasteiger partial charge in [-0.15, -0.1) is 0 Å². The van der Waals surface area contributed by atoms with Crippen molar-refractivity contribution in [2.75, 3.05) is 13.2 Å². The number of aliphatic hydroxyl groups excluding tert-OH is 1. The van der Waals surface area contributed by atoms with Gasteiger partial charge in [0.05, 0.1) is 12.2 Å². The number of hydrogen-bond acceptors (Lipinski definition) is 4. The van der Waals surface area contributed by atoms with Gasteiger partial charge in [0, 0.05) is 24.8 Å². The van der Waals surface area contributed by atoms with Crippen molar-refractivity contribution < 1.29 is 19.7 Å². The Morgan fingerprint density at radius 3 is 2.82 bits per heavy atom. The molecule has 0 fully saturated rings. The Bertz CT molecular complexity index is 379. The molecule has 0 saturated carbocycles. The summed E-state index contributed by atoms with van der Waals surface area (Å²) in [4.78, 5) is 15.1. The van der Waals surface area contributed by atoms with E-state index in [1.54, 1.807) is 6.07 Å². The van der Waals surface area contributed by atoms with Crippen molar-refractivity contribution in [1.82, 2.24) is 4.98 Å². The van der Waals surface area contributed by atoms with Crippen LogP contribution in [-0.2, 0) is 6.42 Å². The van der Waals surface area contributed by atoms with E-state index in [1.807, 2.05) is 6.92 Å². The second kappa shape index (κ2) is 6.85. The Morgan fingerprint density at radius 2 is 2.24 bits per heavy atom. The van der Waals surface area contributed by atoms with Gasteiger partial charge < -0.3 is 14.9 Å². The molecule has 94 valence electrons. The van der Waals surface area contributed by atoms with E-state index in [0.717, 1.165) is 12.8 Å². The highest BCUT2D eigenvalue weighted by Gasteiger charge is 2.08. The molecule has 0 aromatic carbocycles. The molecule has 17 heavy (non-hydrogen) atoms. The maximum absolute atomic E-state index is 10.9. The number of aromatic nitrogens is 1. The zero-order chi connectivity index (χ0) is 12.7. The molecule has 5 heteroatoms. The van der Waals surface area contributed by atoms with Crippen LogP contribution in [-0.4, -0.2) is 34.4 Å². The third-order valence-corrected chi connectivity index (χ3v) is 2.16. The molecule has 1 aromatic rings. The Labute approximate surface area is 100 Å². The topological polar surface area (TPSA) is 79.7 Å². The number of pyridine rings is 1. The molecule has 0 unspecified atom stereocenters. The molecule has 0 amide bonds. The Morgan fingerprint density at radius 1 is 1.47 bits per heavy atom.